The summed E-state index contributed by atoms with van der Waals surface area (Å²) in [5.41, 5.74) is 1.23. The highest BCUT2D eigenvalue weighted by Crippen LogP contribution is 2.28. The summed E-state index contributed by atoms with van der Waals surface area (Å²) in [5, 5.41) is 2.66. The molecule has 1 amide bonds. The quantitative estimate of drug-likeness (QED) is 0.822. The number of carbonyl (C=O) groups is 3. The van der Waals surface area contributed by atoms with Gasteiger partial charge in [-0.2, -0.15) is 0 Å². The van der Waals surface area contributed by atoms with Crippen LogP contribution in [-0.4, -0.2) is 45.4 Å². The fourth-order valence-electron chi connectivity index (χ4n) is 2.30. The average Bonchev–Trinajstić information content (AvgIpc) is 2.59. The molecule has 1 aliphatic heterocycles. The lowest BCUT2D eigenvalue weighted by molar-refractivity contribution is -0.140. The Morgan fingerprint density at radius 3 is 2.50 bits per heavy atom. The van der Waals surface area contributed by atoms with Crippen LogP contribution in [0.4, 0.5) is 11.4 Å². The molecule has 2 rings (SSSR count). The Bertz CT molecular complexity index is 698. The molecule has 0 bridgehead atoms. The monoisotopic (exact) mass is 334 g/mol. The predicted octanol–water partition coefficient (Wildman–Crippen LogP) is 1.04. The molecule has 0 unspecified atom stereocenters. The maximum atomic E-state index is 12.2. The zero-order valence-corrected chi connectivity index (χ0v) is 13.6. The van der Waals surface area contributed by atoms with Crippen LogP contribution in [0.5, 0.6) is 0 Å². The van der Waals surface area contributed by atoms with E-state index in [4.69, 9.17) is 14.2 Å². The van der Waals surface area contributed by atoms with E-state index in [-0.39, 0.29) is 30.5 Å². The topological polar surface area (TPSA) is 94.2 Å². The van der Waals surface area contributed by atoms with E-state index in [1.165, 1.54) is 26.0 Å². The van der Waals surface area contributed by atoms with Gasteiger partial charge in [-0.15, -0.1) is 0 Å². The highest BCUT2D eigenvalue weighted by molar-refractivity contribution is 6.03. The van der Waals surface area contributed by atoms with Gasteiger partial charge in [0.25, 0.3) is 0 Å². The number of nitrogens with one attached hydrogen (secondary N) is 1. The van der Waals surface area contributed by atoms with Gasteiger partial charge in [-0.3, -0.25) is 4.79 Å². The normalized spacial score (nSPS) is 14.2. The predicted molar refractivity (Wildman–Crippen MR) is 85.1 cm³/mol. The van der Waals surface area contributed by atoms with Crippen LogP contribution in [0, 0.1) is 0 Å². The van der Waals surface area contributed by atoms with Crippen molar-refractivity contribution in [1.82, 2.24) is 0 Å². The average molecular weight is 334 g/mol. The third kappa shape index (κ3) is 3.72. The molecule has 8 heteroatoms. The number of hydrogen-bond donors (Lipinski definition) is 1. The van der Waals surface area contributed by atoms with Crippen molar-refractivity contribution < 1.29 is 28.6 Å². The van der Waals surface area contributed by atoms with E-state index in [9.17, 15) is 14.4 Å². The van der Waals surface area contributed by atoms with Crippen molar-refractivity contribution >= 4 is 29.2 Å². The molecule has 1 aliphatic rings. The first-order valence-electron chi connectivity index (χ1n) is 7.10. The Labute approximate surface area is 139 Å². The summed E-state index contributed by atoms with van der Waals surface area (Å²) in [6, 6.07) is 6.80. The molecule has 1 heterocycles. The number of rotatable bonds is 4. The van der Waals surface area contributed by atoms with Gasteiger partial charge < -0.3 is 24.4 Å². The Kier molecular flexibility index (Phi) is 5.54. The zero-order valence-electron chi connectivity index (χ0n) is 13.6. The van der Waals surface area contributed by atoms with Crippen LogP contribution in [0.25, 0.3) is 0 Å². The standard InChI is InChI=1S/C16H18N2O6/c1-10(19)17-11-5-4-6-12(7-11)18-9-24-8-13(15(20)22-2)14(18)16(21)23-3/h4-7H,8-9H2,1-3H3,(H,17,19). The van der Waals surface area contributed by atoms with E-state index >= 15 is 0 Å². The maximum absolute atomic E-state index is 12.2. The molecule has 1 N–H and O–H groups in total. The van der Waals surface area contributed by atoms with Gasteiger partial charge >= 0.3 is 11.9 Å². The molecule has 0 aromatic heterocycles. The molecule has 0 saturated heterocycles. The molecule has 0 atom stereocenters. The highest BCUT2D eigenvalue weighted by Gasteiger charge is 2.32. The number of amides is 1. The number of benzene rings is 1. The van der Waals surface area contributed by atoms with E-state index in [2.05, 4.69) is 5.32 Å². The third-order valence-electron chi connectivity index (χ3n) is 3.31. The number of methoxy groups -OCH3 is 2. The number of ether oxygens (including phenoxy) is 3. The van der Waals surface area contributed by atoms with Crippen molar-refractivity contribution in [2.75, 3.05) is 37.8 Å². The summed E-state index contributed by atoms with van der Waals surface area (Å²) in [6.45, 7) is 1.39. The first-order chi connectivity index (χ1) is 11.5. The van der Waals surface area contributed by atoms with E-state index in [0.717, 1.165) is 0 Å². The van der Waals surface area contributed by atoms with Crippen molar-refractivity contribution in [2.24, 2.45) is 0 Å². The summed E-state index contributed by atoms with van der Waals surface area (Å²) >= 11 is 0. The molecule has 1 aromatic rings. The van der Waals surface area contributed by atoms with E-state index in [0.29, 0.717) is 11.4 Å². The molecule has 0 aliphatic carbocycles. The summed E-state index contributed by atoms with van der Waals surface area (Å²) in [6.07, 6.45) is 0. The van der Waals surface area contributed by atoms with E-state index in [1.807, 2.05) is 0 Å². The van der Waals surface area contributed by atoms with Gasteiger partial charge in [-0.25, -0.2) is 9.59 Å². The molecule has 0 spiro atoms. The van der Waals surface area contributed by atoms with Crippen LogP contribution in [0.15, 0.2) is 35.5 Å². The number of nitrogens with zero attached hydrogens (tertiary/aromatic N) is 1. The van der Waals surface area contributed by atoms with Gasteiger partial charge in [-0.05, 0) is 18.2 Å². The minimum Gasteiger partial charge on any atom is -0.466 e. The molecule has 24 heavy (non-hydrogen) atoms. The number of carbonyl (C=O) groups excluding carboxylic acids is 3. The number of anilines is 2. The summed E-state index contributed by atoms with van der Waals surface area (Å²) in [4.78, 5) is 36.8. The minimum absolute atomic E-state index is 0.0501. The first kappa shape index (κ1) is 17.5. The second kappa shape index (κ2) is 7.60. The summed E-state index contributed by atoms with van der Waals surface area (Å²) < 4.78 is 14.9. The van der Waals surface area contributed by atoms with Gasteiger partial charge in [0, 0.05) is 18.3 Å². The Morgan fingerprint density at radius 2 is 1.88 bits per heavy atom. The van der Waals surface area contributed by atoms with Crippen molar-refractivity contribution in [3.63, 3.8) is 0 Å². The molecule has 0 radical (unpaired) electrons. The SMILES string of the molecule is COC(=O)C1=C(C(=O)OC)N(c2cccc(NC(C)=O)c2)COC1. The molecular weight excluding hydrogens is 316 g/mol. The summed E-state index contributed by atoms with van der Waals surface area (Å²) in [7, 11) is 2.45. The van der Waals surface area contributed by atoms with Crippen molar-refractivity contribution in [2.45, 2.75) is 6.92 Å². The fraction of sp³-hybridized carbons (Fsp3) is 0.312. The summed E-state index contributed by atoms with van der Waals surface area (Å²) in [5.74, 6) is -1.57. The molecule has 1 aromatic carbocycles. The largest absolute Gasteiger partial charge is 0.466 e. The van der Waals surface area contributed by atoms with Crippen molar-refractivity contribution in [3.05, 3.63) is 35.5 Å². The second-order valence-electron chi connectivity index (χ2n) is 4.95. The van der Waals surface area contributed by atoms with Crippen LogP contribution in [0.3, 0.4) is 0 Å². The number of hydrogen-bond acceptors (Lipinski definition) is 7. The second-order valence-corrected chi connectivity index (χ2v) is 4.95. The van der Waals surface area contributed by atoms with Gasteiger partial charge in [0.2, 0.25) is 5.91 Å². The van der Waals surface area contributed by atoms with Crippen LogP contribution in [0.2, 0.25) is 0 Å². The zero-order chi connectivity index (χ0) is 17.7. The van der Waals surface area contributed by atoms with Crippen LogP contribution in [-0.2, 0) is 28.6 Å². The third-order valence-corrected chi connectivity index (χ3v) is 3.31. The lowest BCUT2D eigenvalue weighted by Crippen LogP contribution is -2.38. The molecule has 128 valence electrons. The molecule has 0 fully saturated rings. The van der Waals surface area contributed by atoms with Gasteiger partial charge in [0.15, 0.2) is 0 Å². The van der Waals surface area contributed by atoms with Crippen LogP contribution >= 0.6 is 0 Å². The highest BCUT2D eigenvalue weighted by atomic mass is 16.5. The van der Waals surface area contributed by atoms with E-state index < -0.39 is 11.9 Å². The van der Waals surface area contributed by atoms with Gasteiger partial charge in [0.05, 0.1) is 26.4 Å². The Hall–Kier alpha value is -2.87. The van der Waals surface area contributed by atoms with Gasteiger partial charge in [-0.1, -0.05) is 6.07 Å². The van der Waals surface area contributed by atoms with Crippen LogP contribution < -0.4 is 10.2 Å². The molecular formula is C16H18N2O6. The van der Waals surface area contributed by atoms with Gasteiger partial charge in [0.1, 0.15) is 12.4 Å². The lowest BCUT2D eigenvalue weighted by atomic mass is 10.1. The first-order valence-corrected chi connectivity index (χ1v) is 7.10. The van der Waals surface area contributed by atoms with Crippen molar-refractivity contribution in [3.8, 4) is 0 Å². The van der Waals surface area contributed by atoms with E-state index in [1.54, 1.807) is 24.3 Å². The van der Waals surface area contributed by atoms with Crippen LogP contribution in [0.1, 0.15) is 6.92 Å². The minimum atomic E-state index is -0.677. The number of esters is 2. The molecule has 8 nitrogen and oxygen atoms in total. The smallest absolute Gasteiger partial charge is 0.355 e. The maximum Gasteiger partial charge on any atom is 0.355 e. The Balaban J connectivity index is 2.48. The molecule has 0 saturated carbocycles. The Morgan fingerprint density at radius 1 is 1.17 bits per heavy atom. The lowest BCUT2D eigenvalue weighted by Gasteiger charge is -2.31. The fourth-order valence-corrected chi connectivity index (χ4v) is 2.30. The van der Waals surface area contributed by atoms with Crippen molar-refractivity contribution in [1.29, 1.82) is 0 Å².